The van der Waals surface area contributed by atoms with E-state index in [2.05, 4.69) is 44.5 Å². The molecular weight excluding hydrogens is 378 g/mol. The number of amides is 1. The number of carbonyl (C=O) groups excluding carboxylic acids is 1. The van der Waals surface area contributed by atoms with Crippen LogP contribution < -0.4 is 5.32 Å². The molecule has 27 heavy (non-hydrogen) atoms. The van der Waals surface area contributed by atoms with Crippen molar-refractivity contribution >= 4 is 45.2 Å². The zero-order valence-electron chi connectivity index (χ0n) is 15.1. The number of fused-ring (bicyclic) bond motifs is 1. The predicted molar refractivity (Wildman–Crippen MR) is 110 cm³/mol. The van der Waals surface area contributed by atoms with Gasteiger partial charge in [0.2, 0.25) is 5.91 Å². The van der Waals surface area contributed by atoms with E-state index in [-0.39, 0.29) is 11.9 Å². The largest absolute Gasteiger partial charge is 0.357 e. The van der Waals surface area contributed by atoms with E-state index in [1.54, 1.807) is 23.1 Å². The highest BCUT2D eigenvalue weighted by atomic mass is 32.2. The first-order valence-corrected chi connectivity index (χ1v) is 11.0. The first kappa shape index (κ1) is 18.2. The van der Waals surface area contributed by atoms with E-state index >= 15 is 0 Å². The average molecular weight is 400 g/mol. The van der Waals surface area contributed by atoms with Gasteiger partial charge in [0, 0.05) is 13.1 Å². The number of rotatable bonds is 7. The summed E-state index contributed by atoms with van der Waals surface area (Å²) in [5, 5.41) is 3.33. The van der Waals surface area contributed by atoms with Crippen LogP contribution in [0.15, 0.2) is 41.0 Å². The van der Waals surface area contributed by atoms with Gasteiger partial charge in [-0.1, -0.05) is 42.1 Å². The van der Waals surface area contributed by atoms with Gasteiger partial charge in [-0.05, 0) is 31.1 Å². The fourth-order valence-electron chi connectivity index (χ4n) is 3.30. The summed E-state index contributed by atoms with van der Waals surface area (Å²) >= 11 is 3.15. The number of likely N-dealkylation sites (tertiary alicyclic amines) is 1. The lowest BCUT2D eigenvalue weighted by Gasteiger charge is -2.17. The number of thiazole rings is 1. The summed E-state index contributed by atoms with van der Waals surface area (Å²) in [6, 6.07) is 10.2. The maximum atomic E-state index is 12.8. The number of nitrogens with one attached hydrogen (secondary N) is 1. The smallest absolute Gasteiger partial charge is 0.245 e. The van der Waals surface area contributed by atoms with Gasteiger partial charge >= 0.3 is 0 Å². The van der Waals surface area contributed by atoms with Gasteiger partial charge < -0.3 is 10.2 Å². The molecule has 1 fully saturated rings. The van der Waals surface area contributed by atoms with E-state index in [0.29, 0.717) is 11.5 Å². The molecule has 6 nitrogen and oxygen atoms in total. The maximum absolute atomic E-state index is 12.8. The van der Waals surface area contributed by atoms with E-state index in [1.165, 1.54) is 11.9 Å². The maximum Gasteiger partial charge on any atom is 0.245 e. The monoisotopic (exact) mass is 399 g/mol. The highest BCUT2D eigenvalue weighted by molar-refractivity contribution is 8.00. The molecule has 1 aromatic carbocycles. The van der Waals surface area contributed by atoms with Gasteiger partial charge in [-0.2, -0.15) is 0 Å². The minimum atomic E-state index is -0.223. The molecule has 2 aromatic heterocycles. The Balaban J connectivity index is 1.37. The van der Waals surface area contributed by atoms with Crippen molar-refractivity contribution < 1.29 is 4.79 Å². The molecule has 3 heterocycles. The van der Waals surface area contributed by atoms with Crippen LogP contribution in [0.3, 0.4) is 0 Å². The molecule has 1 saturated heterocycles. The number of carbonyl (C=O) groups is 1. The van der Waals surface area contributed by atoms with Crippen LogP contribution in [0.1, 0.15) is 18.4 Å². The third-order valence-electron chi connectivity index (χ3n) is 4.69. The average Bonchev–Trinajstić information content (AvgIpc) is 3.28. The lowest BCUT2D eigenvalue weighted by atomic mass is 10.1. The van der Waals surface area contributed by atoms with Crippen molar-refractivity contribution in [2.45, 2.75) is 29.6 Å². The molecule has 1 aliphatic heterocycles. The van der Waals surface area contributed by atoms with Gasteiger partial charge in [-0.15, -0.1) is 11.3 Å². The second-order valence-corrected chi connectivity index (χ2v) is 8.51. The minimum Gasteiger partial charge on any atom is -0.357 e. The Labute approximate surface area is 166 Å². The van der Waals surface area contributed by atoms with Crippen molar-refractivity contribution in [1.29, 1.82) is 0 Å². The molecule has 140 valence electrons. The Morgan fingerprint density at radius 3 is 2.96 bits per heavy atom. The summed E-state index contributed by atoms with van der Waals surface area (Å²) in [5.41, 5.74) is 2.00. The molecule has 8 heteroatoms. The number of thioether (sulfide) groups is 1. The molecule has 0 radical (unpaired) electrons. The standard InChI is InChI=1S/C19H21N5OS2/c1-26-19-23-17-15(27-19)16(20-12-21-17)22-14-9-11-24(18(14)25)10-5-8-13-6-3-2-4-7-13/h2-4,6-7,12,14H,5,8-11H2,1H3,(H,20,21,22). The second-order valence-electron chi connectivity index (χ2n) is 6.46. The van der Waals surface area contributed by atoms with Crippen LogP contribution in [0.25, 0.3) is 10.3 Å². The Morgan fingerprint density at radius 2 is 2.15 bits per heavy atom. The number of hydrogen-bond donors (Lipinski definition) is 1. The third-order valence-corrected chi connectivity index (χ3v) is 6.73. The number of aryl methyl sites for hydroxylation is 1. The quantitative estimate of drug-likeness (QED) is 0.614. The van der Waals surface area contributed by atoms with Crippen LogP contribution in [0, 0.1) is 0 Å². The zero-order chi connectivity index (χ0) is 18.6. The zero-order valence-corrected chi connectivity index (χ0v) is 16.7. The van der Waals surface area contributed by atoms with Crippen LogP contribution >= 0.6 is 23.1 Å². The number of nitrogens with zero attached hydrogens (tertiary/aromatic N) is 4. The molecule has 1 atom stereocenters. The van der Waals surface area contributed by atoms with Gasteiger partial charge in [-0.3, -0.25) is 4.79 Å². The van der Waals surface area contributed by atoms with Gasteiger partial charge in [-0.25, -0.2) is 15.0 Å². The summed E-state index contributed by atoms with van der Waals surface area (Å²) in [5.74, 6) is 0.867. The van der Waals surface area contributed by atoms with E-state index in [0.717, 1.165) is 41.4 Å². The molecule has 1 aliphatic rings. The molecule has 1 amide bonds. The molecule has 4 rings (SSSR count). The molecule has 3 aromatic rings. The van der Waals surface area contributed by atoms with Crippen LogP contribution in [0.2, 0.25) is 0 Å². The van der Waals surface area contributed by atoms with Gasteiger partial charge in [0.05, 0.1) is 0 Å². The number of hydrogen-bond acceptors (Lipinski definition) is 7. The first-order chi connectivity index (χ1) is 13.2. The molecule has 0 bridgehead atoms. The van der Waals surface area contributed by atoms with Crippen molar-refractivity contribution in [2.75, 3.05) is 24.7 Å². The number of anilines is 1. The Morgan fingerprint density at radius 1 is 1.30 bits per heavy atom. The van der Waals surface area contributed by atoms with E-state index in [4.69, 9.17) is 0 Å². The van der Waals surface area contributed by atoms with Crippen molar-refractivity contribution in [2.24, 2.45) is 0 Å². The Kier molecular flexibility index (Phi) is 5.54. The van der Waals surface area contributed by atoms with Crippen molar-refractivity contribution in [3.63, 3.8) is 0 Å². The highest BCUT2D eigenvalue weighted by Crippen LogP contribution is 2.31. The highest BCUT2D eigenvalue weighted by Gasteiger charge is 2.31. The molecule has 0 spiro atoms. The summed E-state index contributed by atoms with van der Waals surface area (Å²) in [4.78, 5) is 27.8. The topological polar surface area (TPSA) is 71.0 Å². The molecule has 1 N–H and O–H groups in total. The van der Waals surface area contributed by atoms with E-state index in [1.807, 2.05) is 17.2 Å². The number of aromatic nitrogens is 3. The molecule has 0 aliphatic carbocycles. The summed E-state index contributed by atoms with van der Waals surface area (Å²) in [6.45, 7) is 1.58. The van der Waals surface area contributed by atoms with Gasteiger partial charge in [0.25, 0.3) is 0 Å². The summed E-state index contributed by atoms with van der Waals surface area (Å²) in [7, 11) is 0. The van der Waals surface area contributed by atoms with Gasteiger partial charge in [0.1, 0.15) is 22.9 Å². The Hall–Kier alpha value is -2.19. The molecular formula is C19H21N5OS2. The van der Waals surface area contributed by atoms with Crippen LogP contribution in [-0.2, 0) is 11.2 Å². The molecule has 1 unspecified atom stereocenters. The lowest BCUT2D eigenvalue weighted by Crippen LogP contribution is -2.34. The van der Waals surface area contributed by atoms with Crippen molar-refractivity contribution in [3.05, 3.63) is 42.2 Å². The fraction of sp³-hybridized carbons (Fsp3) is 0.368. The normalized spacial score (nSPS) is 17.0. The van der Waals surface area contributed by atoms with Crippen LogP contribution in [0.4, 0.5) is 5.82 Å². The van der Waals surface area contributed by atoms with Gasteiger partial charge in [0.15, 0.2) is 9.99 Å². The second kappa shape index (κ2) is 8.22. The minimum absolute atomic E-state index is 0.157. The SMILES string of the molecule is CSc1nc2ncnc(NC3CCN(CCCc4ccccc4)C3=O)c2s1. The van der Waals surface area contributed by atoms with Crippen LogP contribution in [0.5, 0.6) is 0 Å². The third kappa shape index (κ3) is 4.06. The van der Waals surface area contributed by atoms with E-state index in [9.17, 15) is 4.79 Å². The lowest BCUT2D eigenvalue weighted by molar-refractivity contribution is -0.128. The summed E-state index contributed by atoms with van der Waals surface area (Å²) < 4.78 is 1.87. The van der Waals surface area contributed by atoms with Crippen LogP contribution in [-0.4, -0.2) is 51.1 Å². The molecule has 0 saturated carbocycles. The van der Waals surface area contributed by atoms with E-state index < -0.39 is 0 Å². The first-order valence-electron chi connectivity index (χ1n) is 8.99. The number of benzene rings is 1. The summed E-state index contributed by atoms with van der Waals surface area (Å²) in [6.07, 6.45) is 6.27. The Bertz CT molecular complexity index is 930. The van der Waals surface area contributed by atoms with Crippen molar-refractivity contribution in [1.82, 2.24) is 19.9 Å². The fourth-order valence-corrected chi connectivity index (χ4v) is 4.77. The van der Waals surface area contributed by atoms with Crippen molar-refractivity contribution in [3.8, 4) is 0 Å². The predicted octanol–water partition coefficient (Wildman–Crippen LogP) is 3.45.